The van der Waals surface area contributed by atoms with Crippen molar-refractivity contribution in [3.8, 4) is 0 Å². The number of fused-ring (bicyclic) bond motifs is 1. The summed E-state index contributed by atoms with van der Waals surface area (Å²) >= 11 is 1.33. The summed E-state index contributed by atoms with van der Waals surface area (Å²) in [5.41, 5.74) is 6.53. The molecule has 0 bridgehead atoms. The second-order valence-corrected chi connectivity index (χ2v) is 9.03. The van der Waals surface area contributed by atoms with Crippen molar-refractivity contribution in [2.24, 2.45) is 0 Å². The molecule has 0 amide bonds. The van der Waals surface area contributed by atoms with E-state index in [1.54, 1.807) is 0 Å². The van der Waals surface area contributed by atoms with Crippen molar-refractivity contribution in [1.82, 2.24) is 0 Å². The standard InChI is InChI=1S/C24H30O5S/c1-3-15-6-7-17(23-21(26)20(25)22(27)24(29-23)30-2)12-18(15)10-14-4-5-16-8-9-28-13-19(16)11-14/h4-7,11-12,20-27H,3,8-10,13H2,1-2H3/t20-,21-,22+,23+,24-/m1/s1. The molecule has 2 aliphatic rings. The minimum absolute atomic E-state index is 0.580. The summed E-state index contributed by atoms with van der Waals surface area (Å²) in [6.45, 7) is 3.59. The van der Waals surface area contributed by atoms with Gasteiger partial charge in [0.25, 0.3) is 0 Å². The maximum atomic E-state index is 10.6. The van der Waals surface area contributed by atoms with Gasteiger partial charge in [-0.3, -0.25) is 0 Å². The first kappa shape index (κ1) is 21.8. The van der Waals surface area contributed by atoms with Gasteiger partial charge >= 0.3 is 0 Å². The normalized spacial score (nSPS) is 28.9. The van der Waals surface area contributed by atoms with Crippen LogP contribution in [0, 0.1) is 0 Å². The summed E-state index contributed by atoms with van der Waals surface area (Å²) in [6.07, 6.45) is 0.270. The van der Waals surface area contributed by atoms with Gasteiger partial charge in [-0.2, -0.15) is 0 Å². The van der Waals surface area contributed by atoms with Gasteiger partial charge in [-0.15, -0.1) is 11.8 Å². The summed E-state index contributed by atoms with van der Waals surface area (Å²) in [4.78, 5) is 0. The molecule has 2 aromatic rings. The number of benzene rings is 2. The molecule has 4 rings (SSSR count). The number of aliphatic hydroxyl groups excluding tert-OH is 3. The van der Waals surface area contributed by atoms with E-state index in [1.165, 1.54) is 39.6 Å². The Hall–Kier alpha value is -1.41. The summed E-state index contributed by atoms with van der Waals surface area (Å²) in [6, 6.07) is 12.7. The highest BCUT2D eigenvalue weighted by Gasteiger charge is 2.44. The minimum atomic E-state index is -1.24. The molecule has 2 aliphatic heterocycles. The summed E-state index contributed by atoms with van der Waals surface area (Å²) in [7, 11) is 0. The zero-order valence-electron chi connectivity index (χ0n) is 17.5. The summed E-state index contributed by atoms with van der Waals surface area (Å²) in [5, 5.41) is 31.0. The van der Waals surface area contributed by atoms with Crippen molar-refractivity contribution in [3.63, 3.8) is 0 Å². The molecule has 2 aromatic carbocycles. The Labute approximate surface area is 182 Å². The summed E-state index contributed by atoms with van der Waals surface area (Å²) in [5.74, 6) is 0. The molecule has 0 saturated carbocycles. The van der Waals surface area contributed by atoms with E-state index in [4.69, 9.17) is 9.47 Å². The van der Waals surface area contributed by atoms with Crippen molar-refractivity contribution in [3.05, 3.63) is 69.8 Å². The lowest BCUT2D eigenvalue weighted by molar-refractivity contribution is -0.200. The molecule has 162 valence electrons. The molecule has 5 atom stereocenters. The molecule has 0 aromatic heterocycles. The van der Waals surface area contributed by atoms with Crippen LogP contribution < -0.4 is 0 Å². The van der Waals surface area contributed by atoms with Crippen LogP contribution in [0.3, 0.4) is 0 Å². The lowest BCUT2D eigenvalue weighted by Gasteiger charge is -2.40. The lowest BCUT2D eigenvalue weighted by Crippen LogP contribution is -2.52. The van der Waals surface area contributed by atoms with Crippen molar-refractivity contribution < 1.29 is 24.8 Å². The average Bonchev–Trinajstić information content (AvgIpc) is 2.77. The molecule has 0 unspecified atom stereocenters. The largest absolute Gasteiger partial charge is 0.387 e. The Balaban J connectivity index is 1.62. The van der Waals surface area contributed by atoms with Crippen LogP contribution in [0.15, 0.2) is 36.4 Å². The van der Waals surface area contributed by atoms with Gasteiger partial charge in [0.05, 0.1) is 13.2 Å². The van der Waals surface area contributed by atoms with Crippen molar-refractivity contribution in [2.75, 3.05) is 12.9 Å². The molecule has 0 radical (unpaired) electrons. The fourth-order valence-corrected chi connectivity index (χ4v) is 5.07. The maximum absolute atomic E-state index is 10.6. The fraction of sp³-hybridized carbons (Fsp3) is 0.500. The molecular weight excluding hydrogens is 400 g/mol. The number of thioether (sulfide) groups is 1. The minimum Gasteiger partial charge on any atom is -0.387 e. The topological polar surface area (TPSA) is 79.2 Å². The van der Waals surface area contributed by atoms with Crippen molar-refractivity contribution in [1.29, 1.82) is 0 Å². The van der Waals surface area contributed by atoms with E-state index in [-0.39, 0.29) is 0 Å². The van der Waals surface area contributed by atoms with E-state index in [1.807, 2.05) is 12.3 Å². The van der Waals surface area contributed by atoms with Crippen LogP contribution in [0.5, 0.6) is 0 Å². The quantitative estimate of drug-likeness (QED) is 0.677. The van der Waals surface area contributed by atoms with Gasteiger partial charge in [-0.05, 0) is 58.9 Å². The monoisotopic (exact) mass is 430 g/mol. The first-order valence-electron chi connectivity index (χ1n) is 10.5. The summed E-state index contributed by atoms with van der Waals surface area (Å²) < 4.78 is 11.6. The Bertz CT molecular complexity index is 884. The smallest absolute Gasteiger partial charge is 0.132 e. The molecule has 2 heterocycles. The molecule has 1 fully saturated rings. The van der Waals surface area contributed by atoms with Gasteiger partial charge in [0.2, 0.25) is 0 Å². The first-order valence-corrected chi connectivity index (χ1v) is 11.8. The van der Waals surface area contributed by atoms with Crippen molar-refractivity contribution in [2.45, 2.75) is 62.6 Å². The van der Waals surface area contributed by atoms with Gasteiger partial charge < -0.3 is 24.8 Å². The Morgan fingerprint density at radius 1 is 0.967 bits per heavy atom. The Morgan fingerprint density at radius 2 is 1.80 bits per heavy atom. The van der Waals surface area contributed by atoms with Crippen LogP contribution >= 0.6 is 11.8 Å². The van der Waals surface area contributed by atoms with E-state index in [9.17, 15) is 15.3 Å². The zero-order valence-corrected chi connectivity index (χ0v) is 18.3. The molecule has 0 spiro atoms. The highest BCUT2D eigenvalue weighted by atomic mass is 32.2. The molecule has 1 saturated heterocycles. The third-order valence-corrected chi connectivity index (χ3v) is 7.03. The number of hydrogen-bond donors (Lipinski definition) is 3. The third-order valence-electron chi connectivity index (χ3n) is 6.18. The van der Waals surface area contributed by atoms with Crippen LogP contribution in [0.4, 0.5) is 0 Å². The van der Waals surface area contributed by atoms with Gasteiger partial charge in [0, 0.05) is 0 Å². The average molecular weight is 431 g/mol. The Morgan fingerprint density at radius 3 is 2.57 bits per heavy atom. The molecular formula is C24H30O5S. The molecule has 6 heteroatoms. The molecule has 0 aliphatic carbocycles. The van der Waals surface area contributed by atoms with E-state index >= 15 is 0 Å². The fourth-order valence-electron chi connectivity index (χ4n) is 4.40. The number of aryl methyl sites for hydroxylation is 1. The second kappa shape index (κ2) is 9.39. The highest BCUT2D eigenvalue weighted by Crippen LogP contribution is 2.36. The predicted molar refractivity (Wildman–Crippen MR) is 118 cm³/mol. The zero-order chi connectivity index (χ0) is 21.3. The number of aliphatic hydroxyl groups is 3. The van der Waals surface area contributed by atoms with Crippen LogP contribution in [-0.4, -0.2) is 51.9 Å². The predicted octanol–water partition coefficient (Wildman–Crippen LogP) is 2.76. The SMILES string of the molecule is CCc1ccc([C@@H]2O[C@H](SC)[C@@H](O)[C@H](O)[C@H]2O)cc1Cc1ccc2c(c1)COCC2. The van der Waals surface area contributed by atoms with E-state index in [2.05, 4.69) is 37.3 Å². The first-order chi connectivity index (χ1) is 14.5. The van der Waals surface area contributed by atoms with Gasteiger partial charge in [-0.1, -0.05) is 43.3 Å². The van der Waals surface area contributed by atoms with Crippen molar-refractivity contribution >= 4 is 11.8 Å². The van der Waals surface area contributed by atoms with E-state index < -0.39 is 29.9 Å². The van der Waals surface area contributed by atoms with E-state index in [0.717, 1.165) is 31.4 Å². The lowest BCUT2D eigenvalue weighted by atomic mass is 9.89. The highest BCUT2D eigenvalue weighted by molar-refractivity contribution is 7.99. The third kappa shape index (κ3) is 4.31. The molecule has 5 nitrogen and oxygen atoms in total. The Kier molecular flexibility index (Phi) is 6.82. The van der Waals surface area contributed by atoms with Gasteiger partial charge in [0.1, 0.15) is 29.9 Å². The van der Waals surface area contributed by atoms with Gasteiger partial charge in [0.15, 0.2) is 0 Å². The maximum Gasteiger partial charge on any atom is 0.132 e. The van der Waals surface area contributed by atoms with E-state index in [0.29, 0.717) is 6.61 Å². The van der Waals surface area contributed by atoms with Gasteiger partial charge in [-0.25, -0.2) is 0 Å². The van der Waals surface area contributed by atoms with Crippen LogP contribution in [-0.2, 0) is 35.3 Å². The molecule has 30 heavy (non-hydrogen) atoms. The number of ether oxygens (including phenoxy) is 2. The number of rotatable bonds is 5. The molecule has 3 N–H and O–H groups in total. The second-order valence-electron chi connectivity index (χ2n) is 8.10. The van der Waals surface area contributed by atoms with Crippen LogP contribution in [0.25, 0.3) is 0 Å². The van der Waals surface area contributed by atoms with Crippen LogP contribution in [0.2, 0.25) is 0 Å². The number of hydrogen-bond acceptors (Lipinski definition) is 6. The van der Waals surface area contributed by atoms with Crippen LogP contribution in [0.1, 0.15) is 46.4 Å².